The van der Waals surface area contributed by atoms with Crippen molar-refractivity contribution in [1.29, 1.82) is 0 Å². The van der Waals surface area contributed by atoms with Crippen LogP contribution in [-0.2, 0) is 0 Å². The van der Waals surface area contributed by atoms with E-state index in [4.69, 9.17) is 4.98 Å². The van der Waals surface area contributed by atoms with Crippen molar-refractivity contribution < 1.29 is 8.78 Å². The number of aromatic amines is 1. The molecule has 5 rings (SSSR count). The van der Waals surface area contributed by atoms with Crippen molar-refractivity contribution in [3.8, 4) is 28.3 Å². The van der Waals surface area contributed by atoms with Crippen LogP contribution in [0.4, 0.5) is 14.6 Å². The third kappa shape index (κ3) is 2.97. The molecule has 0 radical (unpaired) electrons. The van der Waals surface area contributed by atoms with Gasteiger partial charge in [0.1, 0.15) is 23.1 Å². The van der Waals surface area contributed by atoms with Gasteiger partial charge >= 0.3 is 0 Å². The molecule has 4 aromatic rings. The molecule has 3 aromatic heterocycles. The van der Waals surface area contributed by atoms with Crippen LogP contribution in [0, 0.1) is 18.6 Å². The van der Waals surface area contributed by atoms with Crippen molar-refractivity contribution in [1.82, 2.24) is 34.9 Å². The van der Waals surface area contributed by atoms with Gasteiger partial charge < -0.3 is 4.90 Å². The molecule has 0 saturated carbocycles. The lowest BCUT2D eigenvalue weighted by molar-refractivity contribution is 0.496. The lowest BCUT2D eigenvalue weighted by Gasteiger charge is -2.39. The molecule has 8 nitrogen and oxygen atoms in total. The van der Waals surface area contributed by atoms with E-state index < -0.39 is 11.6 Å². The first-order chi connectivity index (χ1) is 15.4. The van der Waals surface area contributed by atoms with Gasteiger partial charge in [-0.2, -0.15) is 5.10 Å². The number of halogens is 2. The molecule has 0 bridgehead atoms. The summed E-state index contributed by atoms with van der Waals surface area (Å²) in [5.41, 5.74) is 1.91. The SMILES string of the molecule is CC[C@@H]1c2nnc(C)n2-c2cnc(-c3cn[nH]c3-c3ccc(F)cc3F)nc2N1C(C)C. The fraction of sp³-hybridized carbons (Fsp3) is 0.318. The van der Waals surface area contributed by atoms with E-state index in [-0.39, 0.29) is 17.6 Å². The average molecular weight is 436 g/mol. The Balaban J connectivity index is 1.69. The highest BCUT2D eigenvalue weighted by atomic mass is 19.1. The zero-order valence-corrected chi connectivity index (χ0v) is 18.1. The molecule has 0 spiro atoms. The lowest BCUT2D eigenvalue weighted by atomic mass is 10.1. The zero-order chi connectivity index (χ0) is 22.6. The number of hydrogen-bond donors (Lipinski definition) is 1. The summed E-state index contributed by atoms with van der Waals surface area (Å²) in [6.07, 6.45) is 4.11. The molecule has 164 valence electrons. The van der Waals surface area contributed by atoms with Crippen LogP contribution in [-0.4, -0.2) is 41.0 Å². The van der Waals surface area contributed by atoms with Crippen LogP contribution in [0.15, 0.2) is 30.6 Å². The highest BCUT2D eigenvalue weighted by Gasteiger charge is 2.36. The van der Waals surface area contributed by atoms with Crippen molar-refractivity contribution >= 4 is 5.82 Å². The summed E-state index contributed by atoms with van der Waals surface area (Å²) in [5.74, 6) is 1.44. The van der Waals surface area contributed by atoms with E-state index in [1.54, 1.807) is 12.4 Å². The second kappa shape index (κ2) is 7.47. The minimum absolute atomic E-state index is 0.00446. The smallest absolute Gasteiger partial charge is 0.165 e. The number of aromatic nitrogens is 7. The first-order valence-corrected chi connectivity index (χ1v) is 10.5. The van der Waals surface area contributed by atoms with E-state index in [1.807, 2.05) is 11.5 Å². The Kier molecular flexibility index (Phi) is 4.72. The maximum Gasteiger partial charge on any atom is 0.165 e. The number of anilines is 1. The summed E-state index contributed by atoms with van der Waals surface area (Å²) in [6, 6.07) is 3.58. The Morgan fingerprint density at radius 2 is 1.94 bits per heavy atom. The number of H-pyrrole nitrogens is 1. The van der Waals surface area contributed by atoms with Crippen LogP contribution >= 0.6 is 0 Å². The maximum atomic E-state index is 14.5. The predicted molar refractivity (Wildman–Crippen MR) is 115 cm³/mol. The van der Waals surface area contributed by atoms with Crippen LogP contribution in [0.1, 0.15) is 44.9 Å². The minimum Gasteiger partial charge on any atom is -0.342 e. The van der Waals surface area contributed by atoms with E-state index in [9.17, 15) is 8.78 Å². The Labute approximate surface area is 183 Å². The first kappa shape index (κ1) is 20.2. The van der Waals surface area contributed by atoms with Gasteiger partial charge in [-0.05, 0) is 39.3 Å². The zero-order valence-electron chi connectivity index (χ0n) is 18.1. The molecule has 0 saturated heterocycles. The lowest BCUT2D eigenvalue weighted by Crippen LogP contribution is -2.40. The molecule has 1 aliphatic heterocycles. The van der Waals surface area contributed by atoms with Gasteiger partial charge in [0, 0.05) is 17.7 Å². The van der Waals surface area contributed by atoms with E-state index in [0.717, 1.165) is 35.6 Å². The van der Waals surface area contributed by atoms with Crippen LogP contribution in [0.5, 0.6) is 0 Å². The summed E-state index contributed by atoms with van der Waals surface area (Å²) in [7, 11) is 0. The van der Waals surface area contributed by atoms with Gasteiger partial charge in [0.2, 0.25) is 0 Å². The summed E-state index contributed by atoms with van der Waals surface area (Å²) >= 11 is 0. The third-order valence-corrected chi connectivity index (χ3v) is 5.74. The number of benzene rings is 1. The third-order valence-electron chi connectivity index (χ3n) is 5.74. The molecule has 1 aromatic carbocycles. The minimum atomic E-state index is -0.687. The molecule has 0 fully saturated rings. The second-order valence-corrected chi connectivity index (χ2v) is 8.05. The topological polar surface area (TPSA) is 88.4 Å². The van der Waals surface area contributed by atoms with Gasteiger partial charge in [0.05, 0.1) is 29.7 Å². The average Bonchev–Trinajstić information content (AvgIpc) is 3.39. The van der Waals surface area contributed by atoms with Crippen molar-refractivity contribution in [2.45, 2.75) is 46.2 Å². The molecule has 4 heterocycles. The Morgan fingerprint density at radius 3 is 2.66 bits per heavy atom. The van der Waals surface area contributed by atoms with Crippen molar-refractivity contribution in [2.75, 3.05) is 4.90 Å². The monoisotopic (exact) mass is 436 g/mol. The van der Waals surface area contributed by atoms with Crippen LogP contribution in [0.25, 0.3) is 28.3 Å². The number of rotatable bonds is 4. The standard InChI is InChI=1S/C22H22F2N8/c1-5-17-22-30-28-12(4)32(22)18-10-25-20(27-21(18)31(17)11(2)3)15-9-26-29-19(15)14-7-6-13(23)8-16(14)24/h6-11,17H,5H2,1-4H3,(H,26,29)/t17-/m1/s1. The molecule has 10 heteroatoms. The Bertz CT molecular complexity index is 1310. The molecular formula is C22H22F2N8. The van der Waals surface area contributed by atoms with Gasteiger partial charge in [-0.1, -0.05) is 6.92 Å². The molecular weight excluding hydrogens is 414 g/mol. The maximum absolute atomic E-state index is 14.5. The summed E-state index contributed by atoms with van der Waals surface area (Å²) in [6.45, 7) is 8.21. The number of aryl methyl sites for hydroxylation is 1. The van der Waals surface area contributed by atoms with Gasteiger partial charge in [0.15, 0.2) is 17.5 Å². The highest BCUT2D eigenvalue weighted by Crippen LogP contribution is 2.41. The quantitative estimate of drug-likeness (QED) is 0.511. The van der Waals surface area contributed by atoms with Gasteiger partial charge in [0.25, 0.3) is 0 Å². The van der Waals surface area contributed by atoms with E-state index in [2.05, 4.69) is 51.0 Å². The van der Waals surface area contributed by atoms with Gasteiger partial charge in [-0.25, -0.2) is 18.7 Å². The summed E-state index contributed by atoms with van der Waals surface area (Å²) in [4.78, 5) is 11.7. The normalized spacial score (nSPS) is 15.2. The van der Waals surface area contributed by atoms with E-state index >= 15 is 0 Å². The molecule has 0 amide bonds. The van der Waals surface area contributed by atoms with Crippen molar-refractivity contribution in [2.24, 2.45) is 0 Å². The number of hydrogen-bond acceptors (Lipinski definition) is 6. The Morgan fingerprint density at radius 1 is 1.12 bits per heavy atom. The molecule has 0 unspecified atom stereocenters. The van der Waals surface area contributed by atoms with Gasteiger partial charge in [-0.3, -0.25) is 9.67 Å². The van der Waals surface area contributed by atoms with Gasteiger partial charge in [-0.15, -0.1) is 10.2 Å². The van der Waals surface area contributed by atoms with Crippen molar-refractivity contribution in [3.63, 3.8) is 0 Å². The van der Waals surface area contributed by atoms with E-state index in [0.29, 0.717) is 17.1 Å². The Hall–Kier alpha value is -3.69. The first-order valence-electron chi connectivity index (χ1n) is 10.5. The second-order valence-electron chi connectivity index (χ2n) is 8.05. The highest BCUT2D eigenvalue weighted by molar-refractivity contribution is 5.78. The largest absolute Gasteiger partial charge is 0.342 e. The molecule has 0 aliphatic carbocycles. The molecule has 1 atom stereocenters. The summed E-state index contributed by atoms with van der Waals surface area (Å²) in [5, 5.41) is 15.6. The molecule has 32 heavy (non-hydrogen) atoms. The molecule has 1 N–H and O–H groups in total. The van der Waals surface area contributed by atoms with Crippen molar-refractivity contribution in [3.05, 3.63) is 53.9 Å². The predicted octanol–water partition coefficient (Wildman–Crippen LogP) is 4.38. The van der Waals surface area contributed by atoms with Crippen LogP contribution < -0.4 is 4.90 Å². The summed E-state index contributed by atoms with van der Waals surface area (Å²) < 4.78 is 29.9. The number of nitrogens with one attached hydrogen (secondary N) is 1. The van der Waals surface area contributed by atoms with Crippen LogP contribution in [0.3, 0.4) is 0 Å². The fourth-order valence-corrected chi connectivity index (χ4v) is 4.35. The van der Waals surface area contributed by atoms with Crippen LogP contribution in [0.2, 0.25) is 0 Å². The molecule has 1 aliphatic rings. The van der Waals surface area contributed by atoms with E-state index in [1.165, 1.54) is 12.1 Å². The number of fused-ring (bicyclic) bond motifs is 3. The number of nitrogens with zero attached hydrogens (tertiary/aromatic N) is 7. The fourth-order valence-electron chi connectivity index (χ4n) is 4.35.